The van der Waals surface area contributed by atoms with Gasteiger partial charge in [0.1, 0.15) is 22.6 Å². The zero-order valence-corrected chi connectivity index (χ0v) is 38.5. The van der Waals surface area contributed by atoms with Gasteiger partial charge in [0.05, 0.1) is 0 Å². The van der Waals surface area contributed by atoms with E-state index in [1.807, 2.05) is 135 Å². The number of hydrogen-bond acceptors (Lipinski definition) is 6. The number of carboxylic acids is 2. The van der Waals surface area contributed by atoms with Crippen molar-refractivity contribution in [2.24, 2.45) is 11.8 Å². The number of carbonyl (C=O) groups excluding carboxylic acids is 2. The second kappa shape index (κ2) is 18.5. The summed E-state index contributed by atoms with van der Waals surface area (Å²) in [5.41, 5.74) is -0.693. The summed E-state index contributed by atoms with van der Waals surface area (Å²) in [7, 11) is 0. The van der Waals surface area contributed by atoms with Gasteiger partial charge in [-0.15, -0.1) is 0 Å². The Labute approximate surface area is 349 Å². The van der Waals surface area contributed by atoms with Crippen LogP contribution in [0.2, 0.25) is 0 Å². The number of phenols is 2. The monoisotopic (exact) mass is 809 g/mol. The van der Waals surface area contributed by atoms with E-state index in [4.69, 9.17) is 0 Å². The number of hydrogen-bond donors (Lipinski definition) is 6. The van der Waals surface area contributed by atoms with Crippen molar-refractivity contribution in [3.8, 4) is 11.5 Å². The number of nitrogens with one attached hydrogen (secondary N) is 2. The van der Waals surface area contributed by atoms with E-state index >= 15 is 0 Å². The summed E-state index contributed by atoms with van der Waals surface area (Å²) in [5, 5.41) is 49.7. The van der Waals surface area contributed by atoms with E-state index in [0.717, 1.165) is 0 Å². The van der Waals surface area contributed by atoms with E-state index in [-0.39, 0.29) is 74.7 Å². The molecule has 0 aliphatic rings. The van der Waals surface area contributed by atoms with Gasteiger partial charge in [-0.05, 0) is 92.6 Å². The smallest absolute Gasteiger partial charge is 0.329 e. The SMILES string of the molecule is CC(C)CC(Cc1cc(C(C)(C)C)c(O)c(C(C)(C)C)c1)(NC(=O)CCCCC(=O)NC(Cc1cc(C(C)(C)C)c(O)c(C(C)(C)C)c1)(CC(C)C)C(=O)O)C(=O)O. The molecule has 10 heteroatoms. The zero-order chi connectivity index (χ0) is 45.0. The molecule has 2 rings (SSSR count). The number of rotatable bonds is 17. The average Bonchev–Trinajstić information content (AvgIpc) is 3.01. The molecule has 0 fully saturated rings. The molecule has 0 radical (unpaired) electrons. The molecule has 2 unspecified atom stereocenters. The first-order valence-electron chi connectivity index (χ1n) is 21.0. The van der Waals surface area contributed by atoms with Crippen LogP contribution in [0.4, 0.5) is 0 Å². The maximum Gasteiger partial charge on any atom is 0.329 e. The number of benzene rings is 2. The molecule has 0 saturated carbocycles. The van der Waals surface area contributed by atoms with Crippen LogP contribution < -0.4 is 10.6 Å². The lowest BCUT2D eigenvalue weighted by Gasteiger charge is -2.34. The highest BCUT2D eigenvalue weighted by atomic mass is 16.4. The molecule has 2 amide bonds. The number of aromatic hydroxyl groups is 2. The number of phenolic OH excluding ortho intramolecular Hbond substituents is 2. The Bertz CT molecular complexity index is 1600. The molecule has 2 aromatic carbocycles. The molecule has 0 heterocycles. The van der Waals surface area contributed by atoms with Crippen LogP contribution in [-0.4, -0.2) is 55.3 Å². The van der Waals surface area contributed by atoms with Crippen molar-refractivity contribution in [1.82, 2.24) is 10.6 Å². The first-order chi connectivity index (χ1) is 26.1. The van der Waals surface area contributed by atoms with Crippen molar-refractivity contribution in [1.29, 1.82) is 0 Å². The van der Waals surface area contributed by atoms with Gasteiger partial charge >= 0.3 is 11.9 Å². The topological polar surface area (TPSA) is 173 Å². The Kier molecular flexibility index (Phi) is 15.9. The number of unbranched alkanes of at least 4 members (excludes halogenated alkanes) is 1. The number of amides is 2. The molecule has 2 atom stereocenters. The molecular weight excluding hydrogens is 733 g/mol. The van der Waals surface area contributed by atoms with E-state index in [1.165, 1.54) is 0 Å². The number of carboxylic acid groups (broad SMARTS) is 2. The molecule has 0 spiro atoms. The quantitative estimate of drug-likeness (QED) is 0.0858. The zero-order valence-electron chi connectivity index (χ0n) is 38.5. The Morgan fingerprint density at radius 3 is 0.931 bits per heavy atom. The second-order valence-corrected chi connectivity index (χ2v) is 21.7. The summed E-state index contributed by atoms with van der Waals surface area (Å²) in [4.78, 5) is 53.3. The van der Waals surface area contributed by atoms with Crippen LogP contribution in [0.5, 0.6) is 11.5 Å². The summed E-state index contributed by atoms with van der Waals surface area (Å²) < 4.78 is 0. The van der Waals surface area contributed by atoms with Crippen LogP contribution in [0.25, 0.3) is 0 Å². The Morgan fingerprint density at radius 1 is 0.500 bits per heavy atom. The molecule has 0 saturated heterocycles. The molecule has 0 aromatic heterocycles. The fraction of sp³-hybridized carbons (Fsp3) is 0.667. The van der Waals surface area contributed by atoms with Crippen molar-refractivity contribution in [2.45, 2.75) is 195 Å². The summed E-state index contributed by atoms with van der Waals surface area (Å²) >= 11 is 0. The molecular formula is C48H76N2O8. The van der Waals surface area contributed by atoms with Crippen LogP contribution in [0.1, 0.15) is 183 Å². The van der Waals surface area contributed by atoms with Gasteiger partial charge in [-0.1, -0.05) is 135 Å². The third-order valence-corrected chi connectivity index (χ3v) is 10.7. The summed E-state index contributed by atoms with van der Waals surface area (Å²) in [6.07, 6.45) is 0.907. The Hall–Kier alpha value is -4.08. The molecule has 10 nitrogen and oxygen atoms in total. The van der Waals surface area contributed by atoms with Crippen LogP contribution >= 0.6 is 0 Å². The van der Waals surface area contributed by atoms with Crippen LogP contribution in [0, 0.1) is 11.8 Å². The van der Waals surface area contributed by atoms with Gasteiger partial charge in [0, 0.05) is 25.7 Å². The minimum absolute atomic E-state index is 0.0176. The van der Waals surface area contributed by atoms with Gasteiger partial charge in [0.15, 0.2) is 0 Å². The standard InChI is InChI=1S/C48H76N2O8/c1-29(2)25-47(41(55)56,27-31-21-33(43(5,6)7)39(53)34(22-31)44(8,9)10)49-37(51)19-17-18-20-38(52)50-48(42(57)58,26-30(3)4)28-32-23-35(45(11,12)13)40(54)36(24-32)46(14,15)16/h21-24,29-30,53-54H,17-20,25-28H2,1-16H3,(H,49,51)(H,50,52)(H,55,56)(H,57,58). The summed E-state index contributed by atoms with van der Waals surface area (Å²) in [6, 6.07) is 7.38. The highest BCUT2D eigenvalue weighted by molar-refractivity contribution is 5.88. The summed E-state index contributed by atoms with van der Waals surface area (Å²) in [6.45, 7) is 31.5. The van der Waals surface area contributed by atoms with Gasteiger partial charge in [-0.3, -0.25) is 9.59 Å². The predicted molar refractivity (Wildman–Crippen MR) is 233 cm³/mol. The lowest BCUT2D eigenvalue weighted by molar-refractivity contribution is -0.149. The third kappa shape index (κ3) is 13.2. The lowest BCUT2D eigenvalue weighted by Crippen LogP contribution is -2.57. The normalized spacial score (nSPS) is 14.9. The van der Waals surface area contributed by atoms with Crippen molar-refractivity contribution in [3.63, 3.8) is 0 Å². The molecule has 0 aliphatic carbocycles. The van der Waals surface area contributed by atoms with Gasteiger partial charge in [0.25, 0.3) is 0 Å². The number of aliphatic carboxylic acids is 2. The molecule has 58 heavy (non-hydrogen) atoms. The molecule has 6 N–H and O–H groups in total. The van der Waals surface area contributed by atoms with Gasteiger partial charge in [-0.25, -0.2) is 9.59 Å². The Balaban J connectivity index is 2.34. The highest BCUT2D eigenvalue weighted by Crippen LogP contribution is 2.42. The van der Waals surface area contributed by atoms with Crippen molar-refractivity contribution < 1.29 is 39.6 Å². The van der Waals surface area contributed by atoms with Gasteiger partial charge in [0.2, 0.25) is 11.8 Å². The van der Waals surface area contributed by atoms with E-state index in [9.17, 15) is 39.6 Å². The molecule has 0 aliphatic heterocycles. The van der Waals surface area contributed by atoms with Crippen molar-refractivity contribution in [2.75, 3.05) is 0 Å². The first-order valence-corrected chi connectivity index (χ1v) is 21.0. The lowest BCUT2D eigenvalue weighted by atomic mass is 9.76. The van der Waals surface area contributed by atoms with Crippen LogP contribution in [0.15, 0.2) is 24.3 Å². The van der Waals surface area contributed by atoms with Crippen LogP contribution in [0.3, 0.4) is 0 Å². The minimum Gasteiger partial charge on any atom is -0.507 e. The van der Waals surface area contributed by atoms with E-state index < -0.39 is 56.5 Å². The fourth-order valence-electron chi connectivity index (χ4n) is 7.97. The third-order valence-electron chi connectivity index (χ3n) is 10.7. The Morgan fingerprint density at radius 2 is 0.741 bits per heavy atom. The second-order valence-electron chi connectivity index (χ2n) is 21.7. The first kappa shape index (κ1) is 50.1. The number of carbonyl (C=O) groups is 4. The molecule has 326 valence electrons. The maximum absolute atomic E-state index is 13.5. The highest BCUT2D eigenvalue weighted by Gasteiger charge is 2.43. The predicted octanol–water partition coefficient (Wildman–Crippen LogP) is 9.60. The van der Waals surface area contributed by atoms with Crippen LogP contribution in [-0.2, 0) is 53.7 Å². The van der Waals surface area contributed by atoms with Gasteiger partial charge in [-0.2, -0.15) is 0 Å². The molecule has 0 bridgehead atoms. The van der Waals surface area contributed by atoms with Crippen molar-refractivity contribution >= 4 is 23.8 Å². The largest absolute Gasteiger partial charge is 0.507 e. The van der Waals surface area contributed by atoms with E-state index in [2.05, 4.69) is 10.6 Å². The average molecular weight is 809 g/mol. The van der Waals surface area contributed by atoms with E-state index in [0.29, 0.717) is 33.4 Å². The molecule has 2 aromatic rings. The van der Waals surface area contributed by atoms with Crippen molar-refractivity contribution in [3.05, 3.63) is 57.6 Å². The summed E-state index contributed by atoms with van der Waals surface area (Å²) in [5.74, 6) is -2.95. The fourth-order valence-corrected chi connectivity index (χ4v) is 7.97. The van der Waals surface area contributed by atoms with Gasteiger partial charge < -0.3 is 31.1 Å². The maximum atomic E-state index is 13.5. The van der Waals surface area contributed by atoms with E-state index in [1.54, 1.807) is 0 Å². The minimum atomic E-state index is -1.62.